The molecule has 3 heteroatoms. The fraction of sp³-hybridized carbons (Fsp3) is 0.500. The van der Waals surface area contributed by atoms with Crippen molar-refractivity contribution in [1.29, 1.82) is 0 Å². The van der Waals surface area contributed by atoms with E-state index in [0.29, 0.717) is 11.6 Å². The lowest BCUT2D eigenvalue weighted by Gasteiger charge is -2.33. The molecule has 0 saturated heterocycles. The van der Waals surface area contributed by atoms with Crippen LogP contribution in [0.4, 0.5) is 5.69 Å². The summed E-state index contributed by atoms with van der Waals surface area (Å²) in [4.78, 5) is 14.3. The SMILES string of the molecule is CCCCN1CC(C)c2cccc(N)c2C1=O. The van der Waals surface area contributed by atoms with Gasteiger partial charge in [-0.2, -0.15) is 0 Å². The summed E-state index contributed by atoms with van der Waals surface area (Å²) < 4.78 is 0. The molecule has 1 heterocycles. The van der Waals surface area contributed by atoms with Crippen LogP contribution in [0.25, 0.3) is 0 Å². The Kier molecular flexibility index (Phi) is 3.36. The third-order valence-electron chi connectivity index (χ3n) is 3.44. The number of nitrogens with two attached hydrogens (primary N) is 1. The molecule has 1 unspecified atom stereocenters. The van der Waals surface area contributed by atoms with Gasteiger partial charge in [0.05, 0.1) is 5.56 Å². The van der Waals surface area contributed by atoms with Gasteiger partial charge < -0.3 is 10.6 Å². The number of hydrogen-bond donors (Lipinski definition) is 1. The molecule has 0 radical (unpaired) electrons. The van der Waals surface area contributed by atoms with Gasteiger partial charge in [0.1, 0.15) is 0 Å². The number of rotatable bonds is 3. The predicted octanol–water partition coefficient (Wildman–Crippen LogP) is 2.63. The number of amides is 1. The number of nitrogen functional groups attached to an aromatic ring is 1. The van der Waals surface area contributed by atoms with Crippen molar-refractivity contribution in [2.45, 2.75) is 32.6 Å². The molecular weight excluding hydrogens is 212 g/mol. The van der Waals surface area contributed by atoms with E-state index in [2.05, 4.69) is 13.8 Å². The van der Waals surface area contributed by atoms with Crippen molar-refractivity contribution in [3.05, 3.63) is 29.3 Å². The zero-order valence-corrected chi connectivity index (χ0v) is 10.6. The Bertz CT molecular complexity index is 428. The van der Waals surface area contributed by atoms with E-state index in [4.69, 9.17) is 5.73 Å². The first-order valence-electron chi connectivity index (χ1n) is 6.32. The number of unbranched alkanes of at least 4 members (excludes halogenated alkanes) is 1. The molecule has 1 aliphatic rings. The first-order valence-corrected chi connectivity index (χ1v) is 6.32. The number of nitrogens with zero attached hydrogens (tertiary/aromatic N) is 1. The zero-order valence-electron chi connectivity index (χ0n) is 10.6. The van der Waals surface area contributed by atoms with Crippen LogP contribution < -0.4 is 5.73 Å². The number of hydrogen-bond acceptors (Lipinski definition) is 2. The van der Waals surface area contributed by atoms with Gasteiger partial charge in [-0.1, -0.05) is 32.4 Å². The molecule has 2 rings (SSSR count). The Labute approximate surface area is 103 Å². The molecule has 2 N–H and O–H groups in total. The largest absolute Gasteiger partial charge is 0.398 e. The Balaban J connectivity index is 2.33. The molecule has 3 nitrogen and oxygen atoms in total. The molecule has 0 aliphatic carbocycles. The summed E-state index contributed by atoms with van der Waals surface area (Å²) in [5.41, 5.74) is 8.37. The third-order valence-corrected chi connectivity index (χ3v) is 3.44. The van der Waals surface area contributed by atoms with Crippen molar-refractivity contribution in [1.82, 2.24) is 4.90 Å². The first-order chi connectivity index (χ1) is 8.15. The van der Waals surface area contributed by atoms with E-state index in [0.717, 1.165) is 37.1 Å². The Morgan fingerprint density at radius 3 is 2.94 bits per heavy atom. The highest BCUT2D eigenvalue weighted by molar-refractivity contribution is 6.01. The summed E-state index contributed by atoms with van der Waals surface area (Å²) in [5, 5.41) is 0. The molecule has 1 aromatic carbocycles. The van der Waals surface area contributed by atoms with Gasteiger partial charge in [-0.15, -0.1) is 0 Å². The number of anilines is 1. The van der Waals surface area contributed by atoms with E-state index in [1.807, 2.05) is 23.1 Å². The van der Waals surface area contributed by atoms with Crippen molar-refractivity contribution < 1.29 is 4.79 Å². The van der Waals surface area contributed by atoms with Crippen LogP contribution in [0, 0.1) is 0 Å². The van der Waals surface area contributed by atoms with Gasteiger partial charge in [-0.05, 0) is 24.0 Å². The van der Waals surface area contributed by atoms with Gasteiger partial charge in [-0.25, -0.2) is 0 Å². The normalized spacial score (nSPS) is 19.3. The number of fused-ring (bicyclic) bond motifs is 1. The van der Waals surface area contributed by atoms with Crippen LogP contribution in [0.3, 0.4) is 0 Å². The second kappa shape index (κ2) is 4.78. The van der Waals surface area contributed by atoms with Crippen LogP contribution in [0.2, 0.25) is 0 Å². The van der Waals surface area contributed by atoms with Crippen molar-refractivity contribution >= 4 is 11.6 Å². The molecule has 0 fully saturated rings. The lowest BCUT2D eigenvalue weighted by Crippen LogP contribution is -2.40. The number of carbonyl (C=O) groups is 1. The minimum atomic E-state index is 0.102. The lowest BCUT2D eigenvalue weighted by atomic mass is 9.89. The summed E-state index contributed by atoms with van der Waals surface area (Å²) in [6.07, 6.45) is 2.16. The monoisotopic (exact) mass is 232 g/mol. The van der Waals surface area contributed by atoms with E-state index in [-0.39, 0.29) is 5.91 Å². The van der Waals surface area contributed by atoms with Gasteiger partial charge in [0.25, 0.3) is 5.91 Å². The van der Waals surface area contributed by atoms with E-state index in [1.54, 1.807) is 0 Å². The summed E-state index contributed by atoms with van der Waals surface area (Å²) in [7, 11) is 0. The predicted molar refractivity (Wildman–Crippen MR) is 70.1 cm³/mol. The smallest absolute Gasteiger partial charge is 0.256 e. The average molecular weight is 232 g/mol. The molecular formula is C14H20N2O. The standard InChI is InChI=1S/C14H20N2O/c1-3-4-8-16-9-10(2)11-6-5-7-12(15)13(11)14(16)17/h5-7,10H,3-4,8-9,15H2,1-2H3. The van der Waals surface area contributed by atoms with Gasteiger partial charge in [0.2, 0.25) is 0 Å². The molecule has 17 heavy (non-hydrogen) atoms. The minimum absolute atomic E-state index is 0.102. The quantitative estimate of drug-likeness (QED) is 0.814. The maximum Gasteiger partial charge on any atom is 0.256 e. The number of benzene rings is 1. The maximum absolute atomic E-state index is 12.3. The molecule has 1 aliphatic heterocycles. The number of carbonyl (C=O) groups excluding carboxylic acids is 1. The molecule has 1 atom stereocenters. The summed E-state index contributed by atoms with van der Waals surface area (Å²) in [5.74, 6) is 0.479. The molecule has 92 valence electrons. The molecule has 0 spiro atoms. The second-order valence-corrected chi connectivity index (χ2v) is 4.82. The van der Waals surface area contributed by atoms with Gasteiger partial charge in [0.15, 0.2) is 0 Å². The zero-order chi connectivity index (χ0) is 12.4. The van der Waals surface area contributed by atoms with E-state index in [1.165, 1.54) is 0 Å². The Morgan fingerprint density at radius 1 is 1.47 bits per heavy atom. The summed E-state index contributed by atoms with van der Waals surface area (Å²) in [6.45, 7) is 5.95. The Hall–Kier alpha value is -1.51. The molecule has 0 bridgehead atoms. The van der Waals surface area contributed by atoms with Gasteiger partial charge in [0, 0.05) is 18.8 Å². The lowest BCUT2D eigenvalue weighted by molar-refractivity contribution is 0.0724. The molecule has 0 aromatic heterocycles. The second-order valence-electron chi connectivity index (χ2n) is 4.82. The third kappa shape index (κ3) is 2.14. The van der Waals surface area contributed by atoms with Crippen LogP contribution in [-0.4, -0.2) is 23.9 Å². The maximum atomic E-state index is 12.3. The van der Waals surface area contributed by atoms with Crippen molar-refractivity contribution in [3.8, 4) is 0 Å². The minimum Gasteiger partial charge on any atom is -0.398 e. The highest BCUT2D eigenvalue weighted by atomic mass is 16.2. The molecule has 1 amide bonds. The van der Waals surface area contributed by atoms with Crippen LogP contribution in [0.15, 0.2) is 18.2 Å². The van der Waals surface area contributed by atoms with Crippen molar-refractivity contribution in [2.24, 2.45) is 0 Å². The van der Waals surface area contributed by atoms with Crippen LogP contribution in [0.5, 0.6) is 0 Å². The Morgan fingerprint density at radius 2 is 2.24 bits per heavy atom. The first kappa shape index (κ1) is 12.0. The van der Waals surface area contributed by atoms with Crippen LogP contribution in [0.1, 0.15) is 48.5 Å². The highest BCUT2D eigenvalue weighted by Crippen LogP contribution is 2.31. The fourth-order valence-corrected chi connectivity index (χ4v) is 2.46. The van der Waals surface area contributed by atoms with Gasteiger partial charge in [-0.3, -0.25) is 4.79 Å². The van der Waals surface area contributed by atoms with Crippen molar-refractivity contribution in [2.75, 3.05) is 18.8 Å². The summed E-state index contributed by atoms with van der Waals surface area (Å²) in [6, 6.07) is 5.76. The highest BCUT2D eigenvalue weighted by Gasteiger charge is 2.29. The van der Waals surface area contributed by atoms with E-state index < -0.39 is 0 Å². The average Bonchev–Trinajstić information content (AvgIpc) is 2.32. The molecule has 0 saturated carbocycles. The topological polar surface area (TPSA) is 46.3 Å². The van der Waals surface area contributed by atoms with Gasteiger partial charge >= 0.3 is 0 Å². The molecule has 1 aromatic rings. The van der Waals surface area contributed by atoms with E-state index in [9.17, 15) is 4.79 Å². The van der Waals surface area contributed by atoms with E-state index >= 15 is 0 Å². The summed E-state index contributed by atoms with van der Waals surface area (Å²) >= 11 is 0. The van der Waals surface area contributed by atoms with Crippen molar-refractivity contribution in [3.63, 3.8) is 0 Å². The van der Waals surface area contributed by atoms with Crippen LogP contribution >= 0.6 is 0 Å². The fourth-order valence-electron chi connectivity index (χ4n) is 2.46. The van der Waals surface area contributed by atoms with Crippen LogP contribution in [-0.2, 0) is 0 Å².